The minimum absolute atomic E-state index is 0. The Morgan fingerprint density at radius 3 is 2.65 bits per heavy atom. The molecule has 1 amide bonds. The number of thiazole rings is 1. The largest absolute Gasteiger partial charge is 0.399 e. The molecule has 0 saturated heterocycles. The van der Waals surface area contributed by atoms with Gasteiger partial charge in [-0.2, -0.15) is 0 Å². The zero-order valence-corrected chi connectivity index (χ0v) is 15.7. The number of carbonyl (C=O) groups is 1. The van der Waals surface area contributed by atoms with Crippen molar-refractivity contribution in [1.82, 2.24) is 10.3 Å². The van der Waals surface area contributed by atoms with Gasteiger partial charge in [-0.15, -0.1) is 36.2 Å². The Morgan fingerprint density at radius 2 is 2.00 bits per heavy atom. The normalized spacial score (nSPS) is 9.65. The quantitative estimate of drug-likeness (QED) is 0.593. The lowest BCUT2D eigenvalue weighted by molar-refractivity contribution is 0.0952. The summed E-state index contributed by atoms with van der Waals surface area (Å²) in [7, 11) is 0. The Bertz CT molecular complexity index is 632. The first kappa shape index (κ1) is 21.7. The van der Waals surface area contributed by atoms with Crippen LogP contribution in [0.25, 0.3) is 0 Å². The fourth-order valence-electron chi connectivity index (χ4n) is 2.10. The van der Waals surface area contributed by atoms with Gasteiger partial charge in [-0.05, 0) is 50.8 Å². The van der Waals surface area contributed by atoms with Gasteiger partial charge in [0.15, 0.2) is 0 Å². The van der Waals surface area contributed by atoms with Crippen LogP contribution in [-0.4, -0.2) is 17.4 Å². The van der Waals surface area contributed by atoms with Crippen LogP contribution in [-0.2, 0) is 6.42 Å². The maximum atomic E-state index is 12.1. The van der Waals surface area contributed by atoms with Gasteiger partial charge in [0.05, 0.1) is 5.01 Å². The van der Waals surface area contributed by atoms with E-state index in [0.717, 1.165) is 30.5 Å². The van der Waals surface area contributed by atoms with Crippen molar-refractivity contribution in [3.63, 3.8) is 0 Å². The molecule has 1 aromatic heterocycles. The number of hydrogen-bond acceptors (Lipinski definition) is 4. The van der Waals surface area contributed by atoms with Crippen LogP contribution in [0.2, 0.25) is 0 Å². The number of nitrogen functional groups attached to an aromatic ring is 1. The number of nitrogens with zero attached hydrogens (tertiary/aromatic N) is 1. The Morgan fingerprint density at radius 1 is 1.26 bits per heavy atom. The number of unbranched alkanes of at least 4 members (excludes halogenated alkanes) is 1. The summed E-state index contributed by atoms with van der Waals surface area (Å²) in [6.45, 7) is 4.60. The van der Waals surface area contributed by atoms with Gasteiger partial charge in [0.1, 0.15) is 0 Å². The number of rotatable bonds is 6. The summed E-state index contributed by atoms with van der Waals surface area (Å²) in [6, 6.07) is 5.40. The Balaban J connectivity index is 0.00000242. The monoisotopic (exact) mass is 375 g/mol. The highest BCUT2D eigenvalue weighted by molar-refractivity contribution is 7.09. The SMILES string of the molecule is Cc1csc(CCCCNC(=O)c2cc(N)ccc2C)n1.Cl.Cl. The van der Waals surface area contributed by atoms with Crippen LogP contribution in [0, 0.1) is 13.8 Å². The lowest BCUT2D eigenvalue weighted by Crippen LogP contribution is -2.25. The zero-order chi connectivity index (χ0) is 15.2. The molecule has 2 rings (SSSR count). The van der Waals surface area contributed by atoms with Gasteiger partial charge in [0.25, 0.3) is 5.91 Å². The van der Waals surface area contributed by atoms with Crippen molar-refractivity contribution in [2.75, 3.05) is 12.3 Å². The number of halogens is 2. The van der Waals surface area contributed by atoms with Gasteiger partial charge in [0.2, 0.25) is 0 Å². The lowest BCUT2D eigenvalue weighted by atomic mass is 10.1. The van der Waals surface area contributed by atoms with Gasteiger partial charge in [-0.3, -0.25) is 4.79 Å². The standard InChI is InChI=1S/C16H21N3OS.2ClH/c1-11-6-7-13(17)9-14(11)16(20)18-8-4-3-5-15-19-12(2)10-21-15;;/h6-7,9-10H,3-5,8,17H2,1-2H3,(H,18,20);2*1H. The van der Waals surface area contributed by atoms with Crippen molar-refractivity contribution in [2.45, 2.75) is 33.1 Å². The first-order valence-corrected chi connectivity index (χ1v) is 7.99. The molecular weight excluding hydrogens is 353 g/mol. The molecule has 1 aromatic carbocycles. The van der Waals surface area contributed by atoms with Crippen molar-refractivity contribution < 1.29 is 4.79 Å². The number of anilines is 1. The second kappa shape index (κ2) is 10.5. The average molecular weight is 376 g/mol. The van der Waals surface area contributed by atoms with E-state index in [-0.39, 0.29) is 30.7 Å². The van der Waals surface area contributed by atoms with Gasteiger partial charge < -0.3 is 11.1 Å². The molecule has 0 unspecified atom stereocenters. The summed E-state index contributed by atoms with van der Waals surface area (Å²) in [5, 5.41) is 6.19. The lowest BCUT2D eigenvalue weighted by Gasteiger charge is -2.08. The fourth-order valence-corrected chi connectivity index (χ4v) is 2.92. The molecular formula is C16H23Cl2N3OS. The smallest absolute Gasteiger partial charge is 0.251 e. The number of carbonyl (C=O) groups excluding carboxylic acids is 1. The molecule has 2 aromatic rings. The number of aryl methyl sites for hydroxylation is 3. The maximum Gasteiger partial charge on any atom is 0.251 e. The summed E-state index contributed by atoms with van der Waals surface area (Å²) in [5.41, 5.74) is 9.02. The topological polar surface area (TPSA) is 68.0 Å². The highest BCUT2D eigenvalue weighted by atomic mass is 35.5. The number of nitrogens with two attached hydrogens (primary N) is 1. The molecule has 1 heterocycles. The number of aromatic nitrogens is 1. The third kappa shape index (κ3) is 6.77. The summed E-state index contributed by atoms with van der Waals surface area (Å²) in [6.07, 6.45) is 2.96. The van der Waals surface area contributed by atoms with Crippen LogP contribution in [0.4, 0.5) is 5.69 Å². The summed E-state index contributed by atoms with van der Waals surface area (Å²) < 4.78 is 0. The van der Waals surface area contributed by atoms with Crippen LogP contribution >= 0.6 is 36.2 Å². The number of nitrogens with one attached hydrogen (secondary N) is 1. The second-order valence-electron chi connectivity index (χ2n) is 5.17. The van der Waals surface area contributed by atoms with Crippen molar-refractivity contribution in [3.8, 4) is 0 Å². The first-order valence-electron chi connectivity index (χ1n) is 7.11. The van der Waals surface area contributed by atoms with Crippen molar-refractivity contribution in [3.05, 3.63) is 45.4 Å². The van der Waals surface area contributed by atoms with Crippen LogP contribution < -0.4 is 11.1 Å². The molecule has 3 N–H and O–H groups in total. The van der Waals surface area contributed by atoms with E-state index in [0.29, 0.717) is 17.8 Å². The van der Waals surface area contributed by atoms with E-state index in [1.807, 2.05) is 26.0 Å². The second-order valence-corrected chi connectivity index (χ2v) is 6.11. The predicted octanol–water partition coefficient (Wildman–Crippen LogP) is 3.94. The number of hydrogen-bond donors (Lipinski definition) is 2. The highest BCUT2D eigenvalue weighted by Gasteiger charge is 2.08. The van der Waals surface area contributed by atoms with Gasteiger partial charge in [0, 0.05) is 28.9 Å². The molecule has 23 heavy (non-hydrogen) atoms. The Kier molecular flexibility index (Phi) is 9.88. The number of amides is 1. The van der Waals surface area contributed by atoms with E-state index in [9.17, 15) is 4.79 Å². The van der Waals surface area contributed by atoms with Crippen molar-refractivity contribution in [1.29, 1.82) is 0 Å². The molecule has 0 aliphatic rings. The molecule has 128 valence electrons. The summed E-state index contributed by atoms with van der Waals surface area (Å²) in [4.78, 5) is 16.5. The molecule has 7 heteroatoms. The molecule has 0 radical (unpaired) electrons. The Labute approximate surface area is 153 Å². The molecule has 0 aliphatic carbocycles. The molecule has 0 aliphatic heterocycles. The number of benzene rings is 1. The van der Waals surface area contributed by atoms with Crippen LogP contribution in [0.15, 0.2) is 23.6 Å². The highest BCUT2D eigenvalue weighted by Crippen LogP contribution is 2.13. The minimum atomic E-state index is -0.0510. The van der Waals surface area contributed by atoms with Crippen molar-refractivity contribution in [2.24, 2.45) is 0 Å². The van der Waals surface area contributed by atoms with Crippen LogP contribution in [0.5, 0.6) is 0 Å². The minimum Gasteiger partial charge on any atom is -0.399 e. The van der Waals surface area contributed by atoms with Crippen LogP contribution in [0.3, 0.4) is 0 Å². The average Bonchev–Trinajstić information content (AvgIpc) is 2.86. The zero-order valence-electron chi connectivity index (χ0n) is 13.3. The molecule has 0 atom stereocenters. The van der Waals surface area contributed by atoms with E-state index >= 15 is 0 Å². The van der Waals surface area contributed by atoms with Gasteiger partial charge in [-0.25, -0.2) is 4.98 Å². The molecule has 0 bridgehead atoms. The molecule has 0 spiro atoms. The van der Waals surface area contributed by atoms with Gasteiger partial charge >= 0.3 is 0 Å². The Hall–Kier alpha value is -1.30. The van der Waals surface area contributed by atoms with Crippen molar-refractivity contribution >= 4 is 47.7 Å². The van der Waals surface area contributed by atoms with Crippen LogP contribution in [0.1, 0.15) is 39.5 Å². The van der Waals surface area contributed by atoms with Gasteiger partial charge in [-0.1, -0.05) is 6.07 Å². The molecule has 4 nitrogen and oxygen atoms in total. The molecule has 0 fully saturated rings. The first-order chi connectivity index (χ1) is 10.1. The van der Waals surface area contributed by atoms with E-state index in [2.05, 4.69) is 15.7 Å². The van der Waals surface area contributed by atoms with E-state index in [4.69, 9.17) is 5.73 Å². The van der Waals surface area contributed by atoms with E-state index < -0.39 is 0 Å². The van der Waals surface area contributed by atoms with E-state index in [1.165, 1.54) is 5.01 Å². The molecule has 0 saturated carbocycles. The fraction of sp³-hybridized carbons (Fsp3) is 0.375. The third-order valence-corrected chi connectivity index (χ3v) is 4.30. The summed E-state index contributed by atoms with van der Waals surface area (Å²) in [5.74, 6) is -0.0510. The third-order valence-electron chi connectivity index (χ3n) is 3.28. The maximum absolute atomic E-state index is 12.1. The van der Waals surface area contributed by atoms with E-state index in [1.54, 1.807) is 17.4 Å². The summed E-state index contributed by atoms with van der Waals surface area (Å²) >= 11 is 1.70. The predicted molar refractivity (Wildman–Crippen MR) is 102 cm³/mol.